The Morgan fingerprint density at radius 2 is 1.57 bits per heavy atom. The summed E-state index contributed by atoms with van der Waals surface area (Å²) < 4.78 is 39.9. The second kappa shape index (κ2) is 9.47. The van der Waals surface area contributed by atoms with Crippen LogP contribution in [-0.2, 0) is 11.0 Å². The number of piperazine rings is 1. The van der Waals surface area contributed by atoms with Gasteiger partial charge in [-0.15, -0.1) is 0 Å². The highest BCUT2D eigenvalue weighted by Crippen LogP contribution is 2.30. The zero-order chi connectivity index (χ0) is 24.4. The van der Waals surface area contributed by atoms with E-state index in [0.717, 1.165) is 30.9 Å². The lowest BCUT2D eigenvalue weighted by Gasteiger charge is -2.39. The van der Waals surface area contributed by atoms with Crippen molar-refractivity contribution in [3.8, 4) is 5.82 Å². The molecule has 0 N–H and O–H groups in total. The van der Waals surface area contributed by atoms with Gasteiger partial charge in [0.15, 0.2) is 5.82 Å². The van der Waals surface area contributed by atoms with E-state index >= 15 is 0 Å². The normalized spacial score (nSPS) is 17.6. The first kappa shape index (κ1) is 23.0. The van der Waals surface area contributed by atoms with E-state index < -0.39 is 11.7 Å². The largest absolute Gasteiger partial charge is 0.417 e. The predicted molar refractivity (Wildman–Crippen MR) is 120 cm³/mol. The van der Waals surface area contributed by atoms with Gasteiger partial charge < -0.3 is 14.7 Å². The maximum Gasteiger partial charge on any atom is 0.417 e. The van der Waals surface area contributed by atoms with Crippen LogP contribution in [0, 0.1) is 5.92 Å². The Bertz CT molecular complexity index is 1140. The fourth-order valence-electron chi connectivity index (χ4n) is 4.47. The van der Waals surface area contributed by atoms with Crippen molar-refractivity contribution in [2.45, 2.75) is 19.0 Å². The molecule has 0 aliphatic carbocycles. The van der Waals surface area contributed by atoms with Crippen LogP contribution in [0.15, 0.2) is 43.4 Å². The fourth-order valence-corrected chi connectivity index (χ4v) is 4.47. The quantitative estimate of drug-likeness (QED) is 0.552. The monoisotopic (exact) mass is 487 g/mol. The van der Waals surface area contributed by atoms with Crippen LogP contribution in [0.3, 0.4) is 0 Å². The van der Waals surface area contributed by atoms with Crippen LogP contribution in [0.2, 0.25) is 0 Å². The van der Waals surface area contributed by atoms with E-state index in [1.165, 1.54) is 18.7 Å². The number of carbonyl (C=O) groups is 1. The van der Waals surface area contributed by atoms with E-state index in [0.29, 0.717) is 50.9 Å². The summed E-state index contributed by atoms with van der Waals surface area (Å²) in [6.45, 7) is 3.53. The number of alkyl halides is 3. The predicted octanol–water partition coefficient (Wildman–Crippen LogP) is 2.04. The van der Waals surface area contributed by atoms with Crippen molar-refractivity contribution in [1.29, 1.82) is 0 Å². The van der Waals surface area contributed by atoms with Gasteiger partial charge in [-0.25, -0.2) is 24.6 Å². The van der Waals surface area contributed by atoms with E-state index in [9.17, 15) is 18.0 Å². The third-order valence-corrected chi connectivity index (χ3v) is 6.45. The summed E-state index contributed by atoms with van der Waals surface area (Å²) in [6, 6.07) is 4.28. The Morgan fingerprint density at radius 1 is 0.857 bits per heavy atom. The number of halogens is 3. The van der Waals surface area contributed by atoms with Gasteiger partial charge >= 0.3 is 6.18 Å². The highest BCUT2D eigenvalue weighted by Gasteiger charge is 2.33. The first-order chi connectivity index (χ1) is 16.9. The van der Waals surface area contributed by atoms with Gasteiger partial charge in [0.2, 0.25) is 5.91 Å². The van der Waals surface area contributed by atoms with Crippen molar-refractivity contribution >= 4 is 17.5 Å². The minimum absolute atomic E-state index is 0.0568. The van der Waals surface area contributed by atoms with E-state index in [1.807, 2.05) is 15.9 Å². The van der Waals surface area contributed by atoms with Gasteiger partial charge in [-0.1, -0.05) is 0 Å². The lowest BCUT2D eigenvalue weighted by Crippen LogP contribution is -2.52. The smallest absolute Gasteiger partial charge is 0.356 e. The lowest BCUT2D eigenvalue weighted by atomic mass is 9.95. The summed E-state index contributed by atoms with van der Waals surface area (Å²) in [5.74, 6) is 1.99. The molecule has 184 valence electrons. The van der Waals surface area contributed by atoms with Crippen molar-refractivity contribution in [2.75, 3.05) is 49.1 Å². The van der Waals surface area contributed by atoms with Gasteiger partial charge in [0.05, 0.1) is 5.56 Å². The summed E-state index contributed by atoms with van der Waals surface area (Å²) in [5.41, 5.74) is -0.766. The highest BCUT2D eigenvalue weighted by molar-refractivity contribution is 5.79. The van der Waals surface area contributed by atoms with E-state index in [1.54, 1.807) is 11.0 Å². The summed E-state index contributed by atoms with van der Waals surface area (Å²) in [7, 11) is 0. The number of aromatic nitrogens is 6. The van der Waals surface area contributed by atoms with Crippen LogP contribution < -0.4 is 9.80 Å². The number of hydrogen-bond acceptors (Lipinski definition) is 8. The molecule has 0 saturated carbocycles. The Labute approximate surface area is 199 Å². The third-order valence-electron chi connectivity index (χ3n) is 6.45. The Balaban J connectivity index is 1.13. The Kier molecular flexibility index (Phi) is 6.22. The molecule has 3 aromatic heterocycles. The van der Waals surface area contributed by atoms with Crippen LogP contribution in [0.25, 0.3) is 5.82 Å². The van der Waals surface area contributed by atoms with Crippen molar-refractivity contribution in [1.82, 2.24) is 34.6 Å². The number of piperidine rings is 1. The second-order valence-electron chi connectivity index (χ2n) is 8.55. The van der Waals surface area contributed by atoms with Gasteiger partial charge in [-0.2, -0.15) is 18.3 Å². The van der Waals surface area contributed by atoms with Crippen LogP contribution in [0.4, 0.5) is 24.8 Å². The molecule has 0 atom stereocenters. The minimum atomic E-state index is -4.40. The molecule has 0 unspecified atom stereocenters. The zero-order valence-corrected chi connectivity index (χ0v) is 18.8. The highest BCUT2D eigenvalue weighted by atomic mass is 19.4. The van der Waals surface area contributed by atoms with E-state index in [4.69, 9.17) is 0 Å². The number of carbonyl (C=O) groups excluding carboxylic acids is 1. The molecule has 2 saturated heterocycles. The van der Waals surface area contributed by atoms with Gasteiger partial charge in [0.1, 0.15) is 30.6 Å². The van der Waals surface area contributed by atoms with Crippen molar-refractivity contribution < 1.29 is 18.0 Å². The van der Waals surface area contributed by atoms with E-state index in [2.05, 4.69) is 29.9 Å². The molecular weight excluding hydrogens is 463 g/mol. The number of nitrogens with zero attached hydrogens (tertiary/aromatic N) is 9. The molecular formula is C22H24F3N9O. The Hall–Kier alpha value is -3.77. The number of hydrogen-bond donors (Lipinski definition) is 0. The van der Waals surface area contributed by atoms with Gasteiger partial charge in [-0.3, -0.25) is 4.79 Å². The average molecular weight is 487 g/mol. The summed E-state index contributed by atoms with van der Waals surface area (Å²) in [5, 5.41) is 4.09. The molecule has 0 bridgehead atoms. The van der Waals surface area contributed by atoms with Crippen molar-refractivity contribution in [3.63, 3.8) is 0 Å². The van der Waals surface area contributed by atoms with E-state index in [-0.39, 0.29) is 11.8 Å². The topological polar surface area (TPSA) is 96.2 Å². The van der Waals surface area contributed by atoms with Crippen LogP contribution in [0.5, 0.6) is 0 Å². The first-order valence-corrected chi connectivity index (χ1v) is 11.4. The molecule has 3 aromatic rings. The van der Waals surface area contributed by atoms with Crippen LogP contribution in [-0.4, -0.2) is 79.8 Å². The van der Waals surface area contributed by atoms with Crippen LogP contribution >= 0.6 is 0 Å². The SMILES string of the molecule is O=C(C1CCN(c2cc(-n3cncn3)ncn2)CC1)N1CCN(c2ccc(C(F)(F)F)cn2)CC1. The molecule has 10 nitrogen and oxygen atoms in total. The standard InChI is InChI=1S/C22H24F3N9O/c23-22(24,25)17-1-2-18(27-12-17)32-7-9-33(10-8-32)21(35)16-3-5-31(6-4-16)19-11-20(29-14-28-19)34-15-26-13-30-34/h1-2,11-16H,3-10H2. The maximum absolute atomic E-state index is 13.1. The molecule has 2 fully saturated rings. The number of pyridine rings is 1. The molecule has 13 heteroatoms. The number of anilines is 2. The molecule has 0 spiro atoms. The first-order valence-electron chi connectivity index (χ1n) is 11.4. The fraction of sp³-hybridized carbons (Fsp3) is 0.455. The van der Waals surface area contributed by atoms with Gasteiger partial charge in [0.25, 0.3) is 0 Å². The summed E-state index contributed by atoms with van der Waals surface area (Å²) in [6.07, 6.45) is 2.41. The van der Waals surface area contributed by atoms with Crippen molar-refractivity contribution in [2.24, 2.45) is 5.92 Å². The minimum Gasteiger partial charge on any atom is -0.356 e. The summed E-state index contributed by atoms with van der Waals surface area (Å²) in [4.78, 5) is 35.5. The van der Waals surface area contributed by atoms with Gasteiger partial charge in [0, 0.05) is 57.4 Å². The molecule has 1 amide bonds. The number of rotatable bonds is 4. The molecule has 2 aliphatic rings. The molecule has 5 heterocycles. The second-order valence-corrected chi connectivity index (χ2v) is 8.55. The van der Waals surface area contributed by atoms with Crippen molar-refractivity contribution in [3.05, 3.63) is 48.9 Å². The number of amides is 1. The third kappa shape index (κ3) is 5.03. The zero-order valence-electron chi connectivity index (χ0n) is 18.8. The molecule has 0 aromatic carbocycles. The Morgan fingerprint density at radius 3 is 2.20 bits per heavy atom. The summed E-state index contributed by atoms with van der Waals surface area (Å²) >= 11 is 0. The molecule has 0 radical (unpaired) electrons. The molecule has 2 aliphatic heterocycles. The van der Waals surface area contributed by atoms with Crippen LogP contribution in [0.1, 0.15) is 18.4 Å². The van der Waals surface area contributed by atoms with Gasteiger partial charge in [-0.05, 0) is 25.0 Å². The molecule has 5 rings (SSSR count). The average Bonchev–Trinajstić information content (AvgIpc) is 3.43. The lowest BCUT2D eigenvalue weighted by molar-refractivity contribution is -0.138. The maximum atomic E-state index is 13.1. The molecule has 35 heavy (non-hydrogen) atoms.